The highest BCUT2D eigenvalue weighted by Crippen LogP contribution is 2.23. The molecule has 0 radical (unpaired) electrons. The zero-order valence-electron chi connectivity index (χ0n) is 13.9. The molecule has 0 N–H and O–H groups in total. The van der Waals surface area contributed by atoms with Crippen molar-refractivity contribution in [3.05, 3.63) is 87.7 Å². The fourth-order valence-corrected chi connectivity index (χ4v) is 3.01. The Bertz CT molecular complexity index is 881. The maximum Gasteiger partial charge on any atom is 0.193 e. The quantitative estimate of drug-likeness (QED) is 0.629. The molecule has 0 aliphatic rings. The van der Waals surface area contributed by atoms with Gasteiger partial charge in [0.15, 0.2) is 12.1 Å². The van der Waals surface area contributed by atoms with E-state index < -0.39 is 0 Å². The number of carbonyl (C=O) groups excluding carboxylic acids is 1. The maximum atomic E-state index is 11.2. The van der Waals surface area contributed by atoms with Gasteiger partial charge in [-0.3, -0.25) is 9.78 Å². The highest BCUT2D eigenvalue weighted by Gasteiger charge is 2.14. The number of halogens is 1. The number of carbonyl (C=O) groups is 1. The average Bonchev–Trinajstić information content (AvgIpc) is 2.64. The number of hydrogen-bond acceptors (Lipinski definition) is 4. The van der Waals surface area contributed by atoms with Crippen LogP contribution < -0.4 is 0 Å². The van der Waals surface area contributed by atoms with E-state index in [1.165, 1.54) is 0 Å². The van der Waals surface area contributed by atoms with Crippen LogP contribution in [0.5, 0.6) is 0 Å². The number of nitrogens with zero attached hydrogens (tertiary/aromatic N) is 3. The lowest BCUT2D eigenvalue weighted by Gasteiger charge is -2.13. The van der Waals surface area contributed by atoms with Gasteiger partial charge in [-0.05, 0) is 48.6 Å². The summed E-state index contributed by atoms with van der Waals surface area (Å²) in [5, 5.41) is 0.722. The van der Waals surface area contributed by atoms with E-state index in [0.29, 0.717) is 12.7 Å². The summed E-state index contributed by atoms with van der Waals surface area (Å²) < 4.78 is 0. The minimum absolute atomic E-state index is 0.224. The molecule has 0 saturated heterocycles. The first-order valence-corrected chi connectivity index (χ1v) is 8.49. The van der Waals surface area contributed by atoms with Gasteiger partial charge in [-0.15, -0.1) is 0 Å². The van der Waals surface area contributed by atoms with E-state index in [0.717, 1.165) is 45.9 Å². The number of aldehydes is 1. The largest absolute Gasteiger partial charge is 0.294 e. The van der Waals surface area contributed by atoms with Gasteiger partial charge in [-0.2, -0.15) is 0 Å². The molecule has 0 unspecified atom stereocenters. The Labute approximate surface area is 151 Å². The van der Waals surface area contributed by atoms with Gasteiger partial charge in [0, 0.05) is 35.2 Å². The molecule has 2 heterocycles. The molecule has 0 saturated carbocycles. The van der Waals surface area contributed by atoms with Gasteiger partial charge < -0.3 is 0 Å². The van der Waals surface area contributed by atoms with Gasteiger partial charge in [0.2, 0.25) is 0 Å². The third-order valence-electron chi connectivity index (χ3n) is 4.12. The number of aromatic nitrogens is 3. The van der Waals surface area contributed by atoms with Crippen LogP contribution in [-0.2, 0) is 19.3 Å². The fraction of sp³-hybridized carbons (Fsp3) is 0.200. The average molecular weight is 352 g/mol. The Morgan fingerprint density at radius 2 is 1.92 bits per heavy atom. The summed E-state index contributed by atoms with van der Waals surface area (Å²) in [7, 11) is 0. The summed E-state index contributed by atoms with van der Waals surface area (Å²) in [4.78, 5) is 24.0. The normalized spacial score (nSPS) is 10.6. The molecule has 3 aromatic rings. The van der Waals surface area contributed by atoms with Crippen LogP contribution in [0.4, 0.5) is 0 Å². The van der Waals surface area contributed by atoms with Crippen molar-refractivity contribution >= 4 is 17.9 Å². The summed E-state index contributed by atoms with van der Waals surface area (Å²) in [6.07, 6.45) is 6.47. The van der Waals surface area contributed by atoms with Crippen molar-refractivity contribution in [3.8, 4) is 0 Å². The number of benzene rings is 1. The molecule has 0 spiro atoms. The lowest BCUT2D eigenvalue weighted by atomic mass is 9.98. The molecule has 2 aromatic heterocycles. The van der Waals surface area contributed by atoms with Crippen molar-refractivity contribution in [1.82, 2.24) is 15.0 Å². The van der Waals surface area contributed by atoms with E-state index in [-0.39, 0.29) is 5.82 Å². The predicted molar refractivity (Wildman–Crippen MR) is 98.1 cm³/mol. The van der Waals surface area contributed by atoms with Gasteiger partial charge in [0.05, 0.1) is 0 Å². The lowest BCUT2D eigenvalue weighted by molar-refractivity contribution is 0.111. The summed E-state index contributed by atoms with van der Waals surface area (Å²) in [5.74, 6) is 0.224. The summed E-state index contributed by atoms with van der Waals surface area (Å²) in [6, 6.07) is 11.7. The fourth-order valence-electron chi connectivity index (χ4n) is 2.81. The number of hydrogen-bond donors (Lipinski definition) is 0. The van der Waals surface area contributed by atoms with Crippen LogP contribution in [0, 0.1) is 6.92 Å². The molecule has 0 fully saturated rings. The van der Waals surface area contributed by atoms with E-state index in [9.17, 15) is 4.79 Å². The number of aryl methyl sites for hydroxylation is 3. The van der Waals surface area contributed by atoms with Gasteiger partial charge in [-0.1, -0.05) is 35.9 Å². The molecule has 25 heavy (non-hydrogen) atoms. The van der Waals surface area contributed by atoms with Gasteiger partial charge in [0.25, 0.3) is 0 Å². The van der Waals surface area contributed by atoms with Crippen molar-refractivity contribution in [1.29, 1.82) is 0 Å². The first kappa shape index (κ1) is 17.2. The van der Waals surface area contributed by atoms with E-state index >= 15 is 0 Å². The van der Waals surface area contributed by atoms with Crippen LogP contribution in [0.3, 0.4) is 0 Å². The van der Waals surface area contributed by atoms with Crippen LogP contribution in [0.25, 0.3) is 0 Å². The zero-order chi connectivity index (χ0) is 17.6. The molecular weight excluding hydrogens is 334 g/mol. The number of pyridine rings is 1. The van der Waals surface area contributed by atoms with E-state index in [1.807, 2.05) is 49.5 Å². The third-order valence-corrected chi connectivity index (χ3v) is 4.49. The SMILES string of the molecule is Cc1nc(C=O)nc(CCc2cccnc2)c1Cc1ccccc1Cl. The van der Waals surface area contributed by atoms with E-state index in [1.54, 1.807) is 6.20 Å². The van der Waals surface area contributed by atoms with Crippen LogP contribution >= 0.6 is 11.6 Å². The smallest absolute Gasteiger partial charge is 0.193 e. The predicted octanol–water partition coefficient (Wildman–Crippen LogP) is 4.02. The second kappa shape index (κ2) is 7.99. The Kier molecular flexibility index (Phi) is 5.51. The van der Waals surface area contributed by atoms with E-state index in [2.05, 4.69) is 15.0 Å². The first-order valence-electron chi connectivity index (χ1n) is 8.11. The van der Waals surface area contributed by atoms with E-state index in [4.69, 9.17) is 11.6 Å². The van der Waals surface area contributed by atoms with Crippen LogP contribution in [0.2, 0.25) is 5.02 Å². The van der Waals surface area contributed by atoms with Gasteiger partial charge in [0.1, 0.15) is 0 Å². The Balaban J connectivity index is 1.93. The molecular formula is C20H18ClN3O. The molecule has 0 amide bonds. The zero-order valence-corrected chi connectivity index (χ0v) is 14.7. The van der Waals surface area contributed by atoms with Crippen molar-refractivity contribution in [3.63, 3.8) is 0 Å². The first-order chi connectivity index (χ1) is 12.2. The lowest BCUT2D eigenvalue weighted by Crippen LogP contribution is -2.09. The number of rotatable bonds is 6. The summed E-state index contributed by atoms with van der Waals surface area (Å²) in [6.45, 7) is 1.91. The van der Waals surface area contributed by atoms with Gasteiger partial charge in [-0.25, -0.2) is 9.97 Å². The van der Waals surface area contributed by atoms with Crippen molar-refractivity contribution in [2.45, 2.75) is 26.2 Å². The van der Waals surface area contributed by atoms with Crippen molar-refractivity contribution in [2.75, 3.05) is 0 Å². The molecule has 5 heteroatoms. The highest BCUT2D eigenvalue weighted by atomic mass is 35.5. The van der Waals surface area contributed by atoms with Crippen molar-refractivity contribution in [2.24, 2.45) is 0 Å². The molecule has 3 rings (SSSR count). The minimum atomic E-state index is 0.224. The second-order valence-corrected chi connectivity index (χ2v) is 6.25. The minimum Gasteiger partial charge on any atom is -0.294 e. The Hall–Kier alpha value is -2.59. The topological polar surface area (TPSA) is 55.7 Å². The Morgan fingerprint density at radius 3 is 2.64 bits per heavy atom. The standard InChI is InChI=1S/C20H18ClN3O/c1-14-17(11-16-6-2-3-7-18(16)21)19(24-20(13-25)23-14)9-8-15-5-4-10-22-12-15/h2-7,10,12-13H,8-9,11H2,1H3. The molecule has 126 valence electrons. The molecule has 0 bridgehead atoms. The molecule has 4 nitrogen and oxygen atoms in total. The maximum absolute atomic E-state index is 11.2. The molecule has 1 aromatic carbocycles. The third kappa shape index (κ3) is 4.28. The van der Waals surface area contributed by atoms with Crippen LogP contribution in [0.1, 0.15) is 38.7 Å². The van der Waals surface area contributed by atoms with Gasteiger partial charge >= 0.3 is 0 Å². The van der Waals surface area contributed by atoms with Crippen LogP contribution in [0.15, 0.2) is 48.8 Å². The molecule has 0 aliphatic heterocycles. The molecule has 0 atom stereocenters. The highest BCUT2D eigenvalue weighted by molar-refractivity contribution is 6.31. The monoisotopic (exact) mass is 351 g/mol. The second-order valence-electron chi connectivity index (χ2n) is 5.84. The summed E-state index contributed by atoms with van der Waals surface area (Å²) >= 11 is 6.31. The Morgan fingerprint density at radius 1 is 1.08 bits per heavy atom. The van der Waals surface area contributed by atoms with Crippen molar-refractivity contribution < 1.29 is 4.79 Å². The van der Waals surface area contributed by atoms with Crippen LogP contribution in [-0.4, -0.2) is 21.2 Å². The molecule has 0 aliphatic carbocycles. The summed E-state index contributed by atoms with van der Waals surface area (Å²) in [5.41, 5.74) is 4.90.